The monoisotopic (exact) mass is 282 g/mol. The number of sulfonamides is 1. The van der Waals surface area contributed by atoms with E-state index in [0.29, 0.717) is 0 Å². The van der Waals surface area contributed by atoms with Gasteiger partial charge < -0.3 is 5.43 Å². The van der Waals surface area contributed by atoms with Crippen LogP contribution in [0.4, 0.5) is 5.69 Å². The molecule has 0 saturated heterocycles. The molecule has 0 fully saturated rings. The minimum Gasteiger partial charge on any atom is -0.321 e. The van der Waals surface area contributed by atoms with E-state index >= 15 is 0 Å². The Morgan fingerprint density at radius 3 is 2.79 bits per heavy atom. The molecular weight excluding hydrogens is 268 g/mol. The summed E-state index contributed by atoms with van der Waals surface area (Å²) in [5.41, 5.74) is 3.28. The van der Waals surface area contributed by atoms with E-state index in [1.54, 1.807) is 30.1 Å². The van der Waals surface area contributed by atoms with Crippen molar-refractivity contribution < 1.29 is 8.42 Å². The molecule has 8 nitrogen and oxygen atoms in total. The van der Waals surface area contributed by atoms with Crippen molar-refractivity contribution >= 4 is 15.7 Å². The minimum atomic E-state index is -3.74. The summed E-state index contributed by atoms with van der Waals surface area (Å²) < 4.78 is 28.3. The third kappa shape index (κ3) is 2.89. The SMILES string of the molecule is Cn1nccc1CNS(=O)(=O)c1ncccc1NN. The number of nitrogens with one attached hydrogen (secondary N) is 2. The molecule has 9 heteroatoms. The Bertz CT molecular complexity index is 666. The maximum Gasteiger partial charge on any atom is 0.260 e. The quantitative estimate of drug-likeness (QED) is 0.507. The molecule has 4 N–H and O–H groups in total. The highest BCUT2D eigenvalue weighted by Crippen LogP contribution is 2.16. The number of pyridine rings is 1. The molecule has 0 spiro atoms. The van der Waals surface area contributed by atoms with Gasteiger partial charge in [-0.3, -0.25) is 10.5 Å². The lowest BCUT2D eigenvalue weighted by atomic mass is 10.4. The van der Waals surface area contributed by atoms with Crippen LogP contribution in [-0.4, -0.2) is 23.2 Å². The summed E-state index contributed by atoms with van der Waals surface area (Å²) in [7, 11) is -2.01. The molecule has 2 heterocycles. The zero-order valence-corrected chi connectivity index (χ0v) is 11.1. The molecule has 0 aliphatic heterocycles. The fraction of sp³-hybridized carbons (Fsp3) is 0.200. The molecular formula is C10H14N6O2S. The lowest BCUT2D eigenvalue weighted by molar-refractivity contribution is 0.573. The summed E-state index contributed by atoms with van der Waals surface area (Å²) in [5.74, 6) is 5.27. The van der Waals surface area contributed by atoms with Crippen molar-refractivity contribution in [1.82, 2.24) is 19.5 Å². The number of nitrogens with zero attached hydrogens (tertiary/aromatic N) is 3. The molecule has 2 aromatic heterocycles. The van der Waals surface area contributed by atoms with Gasteiger partial charge in [0.05, 0.1) is 17.9 Å². The molecule has 0 aliphatic rings. The first kappa shape index (κ1) is 13.5. The number of aromatic nitrogens is 3. The second-order valence-electron chi connectivity index (χ2n) is 3.77. The smallest absolute Gasteiger partial charge is 0.260 e. The van der Waals surface area contributed by atoms with Crippen molar-refractivity contribution in [3.05, 3.63) is 36.3 Å². The summed E-state index contributed by atoms with van der Waals surface area (Å²) in [4.78, 5) is 3.83. The molecule has 0 saturated carbocycles. The lowest BCUT2D eigenvalue weighted by Crippen LogP contribution is -2.26. The Balaban J connectivity index is 2.21. The standard InChI is InChI=1S/C10H14N6O2S/c1-16-8(4-6-13-16)7-14-19(17,18)10-9(15-11)3-2-5-12-10/h2-6,14-15H,7,11H2,1H3. The Hall–Kier alpha value is -1.97. The predicted octanol–water partition coefficient (Wildman–Crippen LogP) is -0.421. The zero-order valence-electron chi connectivity index (χ0n) is 10.2. The minimum absolute atomic E-state index is 0.124. The topological polar surface area (TPSA) is 115 Å². The summed E-state index contributed by atoms with van der Waals surface area (Å²) >= 11 is 0. The van der Waals surface area contributed by atoms with E-state index in [9.17, 15) is 8.42 Å². The molecule has 0 aliphatic carbocycles. The average molecular weight is 282 g/mol. The van der Waals surface area contributed by atoms with Crippen molar-refractivity contribution in [3.8, 4) is 0 Å². The van der Waals surface area contributed by atoms with Crippen molar-refractivity contribution in [2.45, 2.75) is 11.6 Å². The summed E-state index contributed by atoms with van der Waals surface area (Å²) in [6.45, 7) is 0.124. The van der Waals surface area contributed by atoms with Gasteiger partial charge in [-0.25, -0.2) is 18.1 Å². The number of nitrogens with two attached hydrogens (primary N) is 1. The molecule has 0 atom stereocenters. The van der Waals surface area contributed by atoms with Crippen LogP contribution in [0.2, 0.25) is 0 Å². The molecule has 0 radical (unpaired) electrons. The normalized spacial score (nSPS) is 11.5. The Morgan fingerprint density at radius 1 is 1.37 bits per heavy atom. The molecule has 0 amide bonds. The largest absolute Gasteiger partial charge is 0.321 e. The zero-order chi connectivity index (χ0) is 13.9. The lowest BCUT2D eigenvalue weighted by Gasteiger charge is -2.09. The number of rotatable bonds is 5. The van der Waals surface area contributed by atoms with E-state index in [1.165, 1.54) is 12.3 Å². The van der Waals surface area contributed by atoms with Gasteiger partial charge >= 0.3 is 0 Å². The number of nitrogen functional groups attached to an aromatic ring is 1. The van der Waals surface area contributed by atoms with Crippen molar-refractivity contribution in [1.29, 1.82) is 0 Å². The van der Waals surface area contributed by atoms with Gasteiger partial charge in [-0.2, -0.15) is 5.10 Å². The van der Waals surface area contributed by atoms with Crippen LogP contribution >= 0.6 is 0 Å². The van der Waals surface area contributed by atoms with Gasteiger partial charge in [0, 0.05) is 19.4 Å². The van der Waals surface area contributed by atoms with Crippen LogP contribution in [0.15, 0.2) is 35.6 Å². The van der Waals surface area contributed by atoms with Gasteiger partial charge in [-0.15, -0.1) is 0 Å². The highest BCUT2D eigenvalue weighted by Gasteiger charge is 2.19. The van der Waals surface area contributed by atoms with Gasteiger partial charge in [0.1, 0.15) is 0 Å². The summed E-state index contributed by atoms with van der Waals surface area (Å²) in [6, 6.07) is 4.85. The molecule has 0 bridgehead atoms. The predicted molar refractivity (Wildman–Crippen MR) is 69.3 cm³/mol. The van der Waals surface area contributed by atoms with E-state index in [-0.39, 0.29) is 17.3 Å². The second kappa shape index (κ2) is 5.34. The number of hydrogen-bond donors (Lipinski definition) is 3. The maximum absolute atomic E-state index is 12.1. The van der Waals surface area contributed by atoms with Gasteiger partial charge in [0.2, 0.25) is 0 Å². The van der Waals surface area contributed by atoms with Crippen molar-refractivity contribution in [2.24, 2.45) is 12.9 Å². The van der Waals surface area contributed by atoms with E-state index in [4.69, 9.17) is 5.84 Å². The van der Waals surface area contributed by atoms with E-state index in [0.717, 1.165) is 5.69 Å². The fourth-order valence-corrected chi connectivity index (χ4v) is 2.62. The Morgan fingerprint density at radius 2 is 2.16 bits per heavy atom. The van der Waals surface area contributed by atoms with Gasteiger partial charge in [-0.1, -0.05) is 0 Å². The van der Waals surface area contributed by atoms with Crippen molar-refractivity contribution in [3.63, 3.8) is 0 Å². The van der Waals surface area contributed by atoms with Crippen LogP contribution in [0.5, 0.6) is 0 Å². The maximum atomic E-state index is 12.1. The first-order valence-corrected chi connectivity index (χ1v) is 6.91. The van der Waals surface area contributed by atoms with Gasteiger partial charge in [0.25, 0.3) is 10.0 Å². The molecule has 19 heavy (non-hydrogen) atoms. The summed E-state index contributed by atoms with van der Waals surface area (Å²) in [5, 5.41) is 3.82. The molecule has 0 aromatic carbocycles. The van der Waals surface area contributed by atoms with Crippen LogP contribution in [0, 0.1) is 0 Å². The third-order valence-corrected chi connectivity index (χ3v) is 3.91. The van der Waals surface area contributed by atoms with Gasteiger partial charge in [0.15, 0.2) is 5.03 Å². The van der Waals surface area contributed by atoms with Crippen LogP contribution in [-0.2, 0) is 23.6 Å². The van der Waals surface area contributed by atoms with Crippen LogP contribution in [0.25, 0.3) is 0 Å². The second-order valence-corrected chi connectivity index (χ2v) is 5.45. The van der Waals surface area contributed by atoms with Crippen molar-refractivity contribution in [2.75, 3.05) is 5.43 Å². The number of hydrazine groups is 1. The first-order valence-electron chi connectivity index (χ1n) is 5.43. The molecule has 0 unspecified atom stereocenters. The number of anilines is 1. The molecule has 2 rings (SSSR count). The first-order chi connectivity index (χ1) is 9.04. The highest BCUT2D eigenvalue weighted by atomic mass is 32.2. The van der Waals surface area contributed by atoms with Crippen LogP contribution in [0.3, 0.4) is 0 Å². The Labute approximate surface area is 110 Å². The number of aryl methyl sites for hydroxylation is 1. The van der Waals surface area contributed by atoms with Crippen LogP contribution < -0.4 is 16.0 Å². The van der Waals surface area contributed by atoms with E-state index < -0.39 is 10.0 Å². The third-order valence-electron chi connectivity index (χ3n) is 2.55. The van der Waals surface area contributed by atoms with E-state index in [2.05, 4.69) is 20.2 Å². The highest BCUT2D eigenvalue weighted by molar-refractivity contribution is 7.89. The van der Waals surface area contributed by atoms with Gasteiger partial charge in [-0.05, 0) is 18.2 Å². The average Bonchev–Trinajstić information content (AvgIpc) is 2.82. The number of hydrogen-bond acceptors (Lipinski definition) is 6. The molecule has 102 valence electrons. The van der Waals surface area contributed by atoms with Crippen LogP contribution in [0.1, 0.15) is 5.69 Å². The fourth-order valence-electron chi connectivity index (χ4n) is 1.53. The summed E-state index contributed by atoms with van der Waals surface area (Å²) in [6.07, 6.45) is 2.98. The molecule has 2 aromatic rings. The van der Waals surface area contributed by atoms with E-state index in [1.807, 2.05) is 0 Å². The Kier molecular flexibility index (Phi) is 3.79.